The third kappa shape index (κ3) is 4.25. The van der Waals surface area contributed by atoms with Crippen LogP contribution in [0.4, 0.5) is 18.6 Å². The SMILES string of the molecule is O=C(Nc1cnns1)N1CCC(CCc2ccc(F)cc2F)CC1. The zero-order valence-electron chi connectivity index (χ0n) is 13.0. The smallest absolute Gasteiger partial charge is 0.322 e. The summed E-state index contributed by atoms with van der Waals surface area (Å²) in [6, 6.07) is 3.59. The number of rotatable bonds is 4. The third-order valence-corrected chi connectivity index (χ3v) is 4.91. The van der Waals surface area contributed by atoms with Crippen LogP contribution in [-0.4, -0.2) is 33.6 Å². The molecule has 2 aromatic rings. The van der Waals surface area contributed by atoms with Crippen molar-refractivity contribution in [1.29, 1.82) is 0 Å². The highest BCUT2D eigenvalue weighted by Crippen LogP contribution is 2.24. The van der Waals surface area contributed by atoms with Gasteiger partial charge in [0.1, 0.15) is 16.6 Å². The van der Waals surface area contributed by atoms with Crippen molar-refractivity contribution in [2.24, 2.45) is 5.92 Å². The molecule has 5 nitrogen and oxygen atoms in total. The number of likely N-dealkylation sites (tertiary alicyclic amines) is 1. The maximum atomic E-state index is 13.6. The number of carbonyl (C=O) groups excluding carboxylic acids is 1. The molecule has 0 saturated carbocycles. The van der Waals surface area contributed by atoms with Crippen LogP contribution in [0.25, 0.3) is 0 Å². The summed E-state index contributed by atoms with van der Waals surface area (Å²) >= 11 is 1.14. The Bertz CT molecular complexity index is 687. The molecular formula is C16H18F2N4OS. The van der Waals surface area contributed by atoms with Crippen molar-refractivity contribution in [3.05, 3.63) is 41.6 Å². The number of piperidine rings is 1. The lowest BCUT2D eigenvalue weighted by Crippen LogP contribution is -2.41. The van der Waals surface area contributed by atoms with Crippen LogP contribution in [0.1, 0.15) is 24.8 Å². The maximum Gasteiger partial charge on any atom is 0.322 e. The van der Waals surface area contributed by atoms with E-state index < -0.39 is 11.6 Å². The van der Waals surface area contributed by atoms with Crippen LogP contribution in [-0.2, 0) is 6.42 Å². The van der Waals surface area contributed by atoms with Gasteiger partial charge in [0.25, 0.3) is 0 Å². The molecule has 0 radical (unpaired) electrons. The number of anilines is 1. The highest BCUT2D eigenvalue weighted by Gasteiger charge is 2.23. The second-order valence-corrected chi connectivity index (χ2v) is 6.70. The normalized spacial score (nSPS) is 15.5. The van der Waals surface area contributed by atoms with Gasteiger partial charge in [0, 0.05) is 30.7 Å². The van der Waals surface area contributed by atoms with Gasteiger partial charge in [-0.25, -0.2) is 13.6 Å². The van der Waals surface area contributed by atoms with Gasteiger partial charge in [-0.3, -0.25) is 5.32 Å². The Kier molecular flexibility index (Phi) is 5.34. The molecule has 128 valence electrons. The van der Waals surface area contributed by atoms with Crippen molar-refractivity contribution >= 4 is 22.6 Å². The predicted octanol–water partition coefficient (Wildman–Crippen LogP) is 3.69. The molecule has 2 amide bonds. The van der Waals surface area contributed by atoms with Crippen LogP contribution in [0, 0.1) is 17.6 Å². The zero-order valence-corrected chi connectivity index (χ0v) is 13.9. The molecule has 24 heavy (non-hydrogen) atoms. The van der Waals surface area contributed by atoms with Gasteiger partial charge in [-0.1, -0.05) is 10.6 Å². The Labute approximate surface area is 142 Å². The standard InChI is InChI=1S/C16H18F2N4OS/c17-13-4-3-12(14(18)9-13)2-1-11-5-7-22(8-6-11)16(23)20-15-10-19-21-24-15/h3-4,9-11H,1-2,5-8H2,(H,20,23). The minimum absolute atomic E-state index is 0.135. The number of amides is 2. The molecule has 0 aliphatic carbocycles. The Morgan fingerprint density at radius 2 is 2.12 bits per heavy atom. The van der Waals surface area contributed by atoms with Gasteiger partial charge in [-0.15, -0.1) is 5.10 Å². The van der Waals surface area contributed by atoms with Gasteiger partial charge in [-0.05, 0) is 43.2 Å². The van der Waals surface area contributed by atoms with Gasteiger partial charge in [0.05, 0.1) is 6.20 Å². The Morgan fingerprint density at radius 3 is 2.79 bits per heavy atom. The van der Waals surface area contributed by atoms with E-state index in [9.17, 15) is 13.6 Å². The second kappa shape index (κ2) is 7.65. The van der Waals surface area contributed by atoms with E-state index in [1.54, 1.807) is 4.90 Å². The second-order valence-electron chi connectivity index (χ2n) is 5.92. The summed E-state index contributed by atoms with van der Waals surface area (Å²) in [5.41, 5.74) is 0.550. The molecule has 8 heteroatoms. The molecule has 1 aromatic heterocycles. The number of urea groups is 1. The lowest BCUT2D eigenvalue weighted by molar-refractivity contribution is 0.180. The molecule has 0 spiro atoms. The van der Waals surface area contributed by atoms with Crippen LogP contribution in [0.2, 0.25) is 0 Å². The van der Waals surface area contributed by atoms with Crippen LogP contribution < -0.4 is 5.32 Å². The van der Waals surface area contributed by atoms with Crippen LogP contribution in [0.15, 0.2) is 24.4 Å². The fourth-order valence-corrected chi connectivity index (χ4v) is 3.32. The first-order chi connectivity index (χ1) is 11.6. The molecule has 1 aliphatic rings. The first kappa shape index (κ1) is 16.8. The molecule has 1 aromatic carbocycles. The number of nitrogens with one attached hydrogen (secondary N) is 1. The van der Waals surface area contributed by atoms with E-state index in [1.807, 2.05) is 0 Å². The number of aryl methyl sites for hydroxylation is 1. The number of carbonyl (C=O) groups is 1. The van der Waals surface area contributed by atoms with E-state index in [2.05, 4.69) is 14.9 Å². The summed E-state index contributed by atoms with van der Waals surface area (Å²) in [6.45, 7) is 1.35. The van der Waals surface area contributed by atoms with Crippen LogP contribution in [0.5, 0.6) is 0 Å². The number of halogens is 2. The maximum absolute atomic E-state index is 13.6. The lowest BCUT2D eigenvalue weighted by atomic mass is 9.90. The molecule has 3 rings (SSSR count). The minimum Gasteiger partial charge on any atom is -0.324 e. The summed E-state index contributed by atoms with van der Waals surface area (Å²) in [7, 11) is 0. The topological polar surface area (TPSA) is 58.1 Å². The zero-order chi connectivity index (χ0) is 16.9. The minimum atomic E-state index is -0.549. The van der Waals surface area contributed by atoms with Gasteiger partial charge in [-0.2, -0.15) is 0 Å². The summed E-state index contributed by atoms with van der Waals surface area (Å²) in [4.78, 5) is 13.9. The monoisotopic (exact) mass is 352 g/mol. The van der Waals surface area contributed by atoms with Gasteiger partial charge in [0.15, 0.2) is 0 Å². The molecule has 1 saturated heterocycles. The number of benzene rings is 1. The fourth-order valence-electron chi connectivity index (χ4n) is 2.92. The molecule has 1 aliphatic heterocycles. The average Bonchev–Trinajstić information content (AvgIpc) is 3.07. The molecular weight excluding hydrogens is 334 g/mol. The van der Waals surface area contributed by atoms with Gasteiger partial charge in [0.2, 0.25) is 0 Å². The summed E-state index contributed by atoms with van der Waals surface area (Å²) in [6.07, 6.45) is 4.73. The molecule has 2 heterocycles. The van der Waals surface area contributed by atoms with Crippen molar-refractivity contribution in [3.63, 3.8) is 0 Å². The molecule has 0 bridgehead atoms. The highest BCUT2D eigenvalue weighted by molar-refractivity contribution is 7.10. The summed E-state index contributed by atoms with van der Waals surface area (Å²) in [5, 5.41) is 7.08. The average molecular weight is 352 g/mol. The first-order valence-corrected chi connectivity index (χ1v) is 8.66. The van der Waals surface area contributed by atoms with Crippen LogP contribution >= 0.6 is 11.5 Å². The highest BCUT2D eigenvalue weighted by atomic mass is 32.1. The lowest BCUT2D eigenvalue weighted by Gasteiger charge is -2.31. The van der Waals surface area contributed by atoms with E-state index in [-0.39, 0.29) is 6.03 Å². The van der Waals surface area contributed by atoms with Crippen molar-refractivity contribution in [1.82, 2.24) is 14.5 Å². The summed E-state index contributed by atoms with van der Waals surface area (Å²) < 4.78 is 30.3. The number of aromatic nitrogens is 2. The molecule has 0 atom stereocenters. The number of nitrogens with zero attached hydrogens (tertiary/aromatic N) is 3. The van der Waals surface area contributed by atoms with Crippen molar-refractivity contribution in [2.45, 2.75) is 25.7 Å². The quantitative estimate of drug-likeness (QED) is 0.913. The van der Waals surface area contributed by atoms with Crippen LogP contribution in [0.3, 0.4) is 0 Å². The van der Waals surface area contributed by atoms with Gasteiger partial charge < -0.3 is 4.90 Å². The predicted molar refractivity (Wildman–Crippen MR) is 87.9 cm³/mol. The Balaban J connectivity index is 1.44. The van der Waals surface area contributed by atoms with E-state index in [1.165, 1.54) is 18.3 Å². The Hall–Kier alpha value is -2.09. The first-order valence-electron chi connectivity index (χ1n) is 7.89. The van der Waals surface area contributed by atoms with Crippen molar-refractivity contribution in [3.8, 4) is 0 Å². The molecule has 1 N–H and O–H groups in total. The van der Waals surface area contributed by atoms with E-state index in [0.717, 1.165) is 36.9 Å². The Morgan fingerprint density at radius 1 is 1.33 bits per heavy atom. The fraction of sp³-hybridized carbons (Fsp3) is 0.438. The third-order valence-electron chi connectivity index (χ3n) is 4.33. The van der Waals surface area contributed by atoms with E-state index in [4.69, 9.17) is 0 Å². The van der Waals surface area contributed by atoms with Gasteiger partial charge >= 0.3 is 6.03 Å². The molecule has 1 fully saturated rings. The van der Waals surface area contributed by atoms with Crippen molar-refractivity contribution in [2.75, 3.05) is 18.4 Å². The number of hydrogen-bond acceptors (Lipinski definition) is 4. The molecule has 0 unspecified atom stereocenters. The summed E-state index contributed by atoms with van der Waals surface area (Å²) in [5.74, 6) is -0.583. The largest absolute Gasteiger partial charge is 0.324 e. The van der Waals surface area contributed by atoms with Crippen molar-refractivity contribution < 1.29 is 13.6 Å². The van der Waals surface area contributed by atoms with E-state index >= 15 is 0 Å². The number of hydrogen-bond donors (Lipinski definition) is 1. The van der Waals surface area contributed by atoms with E-state index in [0.29, 0.717) is 36.0 Å².